The molecule has 1 aromatic rings. The predicted octanol–water partition coefficient (Wildman–Crippen LogP) is 4.99. The van der Waals surface area contributed by atoms with Gasteiger partial charge in [0.2, 0.25) is 0 Å². The molecule has 0 amide bonds. The molecule has 1 atom stereocenters. The van der Waals surface area contributed by atoms with E-state index in [0.717, 1.165) is 6.61 Å². The molecule has 0 aromatic heterocycles. The SMILES string of the molecule is CCC1(CO/C=C(/C)c2ccccc2)CCCSC1. The lowest BCUT2D eigenvalue weighted by molar-refractivity contribution is 0.112. The number of ether oxygens (including phenoxy) is 1. The average molecular weight is 276 g/mol. The summed E-state index contributed by atoms with van der Waals surface area (Å²) in [7, 11) is 0. The predicted molar refractivity (Wildman–Crippen MR) is 85.3 cm³/mol. The molecule has 104 valence electrons. The summed E-state index contributed by atoms with van der Waals surface area (Å²) in [6, 6.07) is 10.4. The van der Waals surface area contributed by atoms with E-state index in [4.69, 9.17) is 4.74 Å². The Morgan fingerprint density at radius 3 is 2.79 bits per heavy atom. The van der Waals surface area contributed by atoms with Gasteiger partial charge in [-0.1, -0.05) is 37.3 Å². The third-order valence-corrected chi connectivity index (χ3v) is 5.43. The minimum absolute atomic E-state index is 0.399. The van der Waals surface area contributed by atoms with Crippen molar-refractivity contribution < 1.29 is 4.74 Å². The van der Waals surface area contributed by atoms with Crippen LogP contribution in [0.15, 0.2) is 36.6 Å². The second kappa shape index (κ2) is 7.04. The van der Waals surface area contributed by atoms with Gasteiger partial charge in [0.05, 0.1) is 12.9 Å². The van der Waals surface area contributed by atoms with Gasteiger partial charge in [-0.15, -0.1) is 0 Å². The fraction of sp³-hybridized carbons (Fsp3) is 0.529. The lowest BCUT2D eigenvalue weighted by atomic mass is 9.83. The number of hydrogen-bond acceptors (Lipinski definition) is 2. The molecular weight excluding hydrogens is 252 g/mol. The highest BCUT2D eigenvalue weighted by Crippen LogP contribution is 2.37. The van der Waals surface area contributed by atoms with E-state index in [1.54, 1.807) is 0 Å². The molecule has 19 heavy (non-hydrogen) atoms. The Balaban J connectivity index is 1.91. The Labute approximate surface area is 121 Å². The van der Waals surface area contributed by atoms with Crippen molar-refractivity contribution in [1.82, 2.24) is 0 Å². The Hall–Kier alpha value is -0.890. The van der Waals surface area contributed by atoms with Crippen LogP contribution in [0.1, 0.15) is 38.7 Å². The van der Waals surface area contributed by atoms with Crippen molar-refractivity contribution in [2.24, 2.45) is 5.41 Å². The van der Waals surface area contributed by atoms with Crippen LogP contribution in [0.25, 0.3) is 5.57 Å². The summed E-state index contributed by atoms with van der Waals surface area (Å²) < 4.78 is 5.91. The van der Waals surface area contributed by atoms with Gasteiger partial charge < -0.3 is 4.74 Å². The fourth-order valence-corrected chi connectivity index (χ4v) is 3.87. The van der Waals surface area contributed by atoms with E-state index in [-0.39, 0.29) is 0 Å². The number of allylic oxidation sites excluding steroid dienone is 1. The second-order valence-electron chi connectivity index (χ2n) is 5.49. The minimum atomic E-state index is 0.399. The molecule has 1 nitrogen and oxygen atoms in total. The highest BCUT2D eigenvalue weighted by atomic mass is 32.2. The molecule has 0 spiro atoms. The standard InChI is InChI=1S/C17H24OS/c1-3-17(10-7-11-19-14-17)13-18-12-15(2)16-8-5-4-6-9-16/h4-6,8-9,12H,3,7,10-11,13-14H2,1-2H3/b15-12-. The van der Waals surface area contributed by atoms with Gasteiger partial charge in [0.25, 0.3) is 0 Å². The molecular formula is C17H24OS. The van der Waals surface area contributed by atoms with Crippen LogP contribution in [0, 0.1) is 5.41 Å². The summed E-state index contributed by atoms with van der Waals surface area (Å²) >= 11 is 2.08. The first-order chi connectivity index (χ1) is 9.26. The van der Waals surface area contributed by atoms with Crippen molar-refractivity contribution in [1.29, 1.82) is 0 Å². The van der Waals surface area contributed by atoms with Crippen LogP contribution in [0.3, 0.4) is 0 Å². The molecule has 1 heterocycles. The normalized spacial score (nSPS) is 24.2. The molecule has 1 aromatic carbocycles. The first-order valence-corrected chi connectivity index (χ1v) is 8.33. The van der Waals surface area contributed by atoms with Gasteiger partial charge in [-0.2, -0.15) is 11.8 Å². The van der Waals surface area contributed by atoms with E-state index in [0.29, 0.717) is 5.41 Å². The third-order valence-electron chi connectivity index (χ3n) is 4.03. The van der Waals surface area contributed by atoms with E-state index in [1.807, 2.05) is 12.3 Å². The number of hydrogen-bond donors (Lipinski definition) is 0. The highest BCUT2D eigenvalue weighted by Gasteiger charge is 2.31. The molecule has 0 N–H and O–H groups in total. The molecule has 2 rings (SSSR count). The van der Waals surface area contributed by atoms with Crippen molar-refractivity contribution in [3.05, 3.63) is 42.2 Å². The maximum Gasteiger partial charge on any atom is 0.0937 e. The monoisotopic (exact) mass is 276 g/mol. The Morgan fingerprint density at radius 2 is 2.16 bits per heavy atom. The lowest BCUT2D eigenvalue weighted by Gasteiger charge is -2.35. The number of thioether (sulfide) groups is 1. The van der Waals surface area contributed by atoms with E-state index >= 15 is 0 Å². The second-order valence-corrected chi connectivity index (χ2v) is 6.59. The van der Waals surface area contributed by atoms with Crippen molar-refractivity contribution >= 4 is 17.3 Å². The zero-order valence-corrected chi connectivity index (χ0v) is 12.8. The van der Waals surface area contributed by atoms with Crippen LogP contribution in [-0.2, 0) is 4.74 Å². The van der Waals surface area contributed by atoms with Gasteiger partial charge in [0, 0.05) is 11.2 Å². The summed E-state index contributed by atoms with van der Waals surface area (Å²) in [5.41, 5.74) is 2.84. The molecule has 0 radical (unpaired) electrons. The van der Waals surface area contributed by atoms with Gasteiger partial charge in [-0.05, 0) is 43.1 Å². The van der Waals surface area contributed by atoms with E-state index in [9.17, 15) is 0 Å². The molecule has 1 fully saturated rings. The van der Waals surface area contributed by atoms with Crippen LogP contribution in [-0.4, -0.2) is 18.1 Å². The summed E-state index contributed by atoms with van der Waals surface area (Å²) in [5.74, 6) is 2.57. The zero-order valence-electron chi connectivity index (χ0n) is 12.0. The fourth-order valence-electron chi connectivity index (χ4n) is 2.52. The molecule has 0 aliphatic carbocycles. The summed E-state index contributed by atoms with van der Waals surface area (Å²) in [6.45, 7) is 5.27. The molecule has 1 aliphatic heterocycles. The quantitative estimate of drug-likeness (QED) is 0.701. The minimum Gasteiger partial charge on any atom is -0.500 e. The maximum atomic E-state index is 5.91. The summed E-state index contributed by atoms with van der Waals surface area (Å²) in [5, 5.41) is 0. The molecule has 2 heteroatoms. The van der Waals surface area contributed by atoms with Crippen molar-refractivity contribution in [2.45, 2.75) is 33.1 Å². The van der Waals surface area contributed by atoms with Crippen molar-refractivity contribution in [2.75, 3.05) is 18.1 Å². The summed E-state index contributed by atoms with van der Waals surface area (Å²) in [6.07, 6.45) is 5.81. The van der Waals surface area contributed by atoms with Gasteiger partial charge >= 0.3 is 0 Å². The molecule has 1 unspecified atom stereocenters. The van der Waals surface area contributed by atoms with E-state index < -0.39 is 0 Å². The Bertz CT molecular complexity index is 405. The topological polar surface area (TPSA) is 9.23 Å². The Kier molecular flexibility index (Phi) is 5.38. The first kappa shape index (κ1) is 14.5. The van der Waals surface area contributed by atoms with Gasteiger partial charge in [0.1, 0.15) is 0 Å². The smallest absolute Gasteiger partial charge is 0.0937 e. The van der Waals surface area contributed by atoms with Crippen molar-refractivity contribution in [3.8, 4) is 0 Å². The average Bonchev–Trinajstić information content (AvgIpc) is 2.49. The van der Waals surface area contributed by atoms with Crippen LogP contribution in [0.2, 0.25) is 0 Å². The lowest BCUT2D eigenvalue weighted by Crippen LogP contribution is -2.31. The molecule has 0 bridgehead atoms. The van der Waals surface area contributed by atoms with Crippen LogP contribution < -0.4 is 0 Å². The van der Waals surface area contributed by atoms with Crippen LogP contribution in [0.5, 0.6) is 0 Å². The zero-order chi connectivity index (χ0) is 13.6. The number of rotatable bonds is 5. The number of benzene rings is 1. The van der Waals surface area contributed by atoms with E-state index in [2.05, 4.69) is 49.9 Å². The Morgan fingerprint density at radius 1 is 1.37 bits per heavy atom. The van der Waals surface area contributed by atoms with Crippen LogP contribution >= 0.6 is 11.8 Å². The largest absolute Gasteiger partial charge is 0.500 e. The van der Waals surface area contributed by atoms with Gasteiger partial charge in [-0.25, -0.2) is 0 Å². The van der Waals surface area contributed by atoms with Gasteiger partial charge in [0.15, 0.2) is 0 Å². The highest BCUT2D eigenvalue weighted by molar-refractivity contribution is 7.99. The van der Waals surface area contributed by atoms with Crippen LogP contribution in [0.4, 0.5) is 0 Å². The molecule has 1 aliphatic rings. The van der Waals surface area contributed by atoms with Gasteiger partial charge in [-0.3, -0.25) is 0 Å². The summed E-state index contributed by atoms with van der Waals surface area (Å²) in [4.78, 5) is 0. The third kappa shape index (κ3) is 4.04. The van der Waals surface area contributed by atoms with E-state index in [1.165, 1.54) is 41.9 Å². The maximum absolute atomic E-state index is 5.91. The molecule has 0 saturated carbocycles. The first-order valence-electron chi connectivity index (χ1n) is 7.17. The van der Waals surface area contributed by atoms with Crippen molar-refractivity contribution in [3.63, 3.8) is 0 Å². The molecule has 1 saturated heterocycles.